The lowest BCUT2D eigenvalue weighted by molar-refractivity contribution is -0.0864. The highest BCUT2D eigenvalue weighted by Crippen LogP contribution is 2.03. The maximum atomic E-state index is 5.53. The van der Waals surface area contributed by atoms with Gasteiger partial charge >= 0.3 is 0 Å². The largest absolute Gasteiger partial charge is 0.376 e. The minimum atomic E-state index is 0.262. The molecule has 0 spiro atoms. The fraction of sp³-hybridized carbons (Fsp3) is 1.00. The lowest BCUT2D eigenvalue weighted by atomic mass is 10.1. The van der Waals surface area contributed by atoms with Crippen LogP contribution in [0.4, 0.5) is 0 Å². The molecule has 0 aromatic rings. The van der Waals surface area contributed by atoms with Crippen LogP contribution in [0.25, 0.3) is 0 Å². The fourth-order valence-electron chi connectivity index (χ4n) is 1.74. The van der Waals surface area contributed by atoms with E-state index in [9.17, 15) is 0 Å². The molecule has 0 bridgehead atoms. The predicted molar refractivity (Wildman–Crippen MR) is 57.5 cm³/mol. The Morgan fingerprint density at radius 3 is 2.93 bits per heavy atom. The van der Waals surface area contributed by atoms with E-state index >= 15 is 0 Å². The van der Waals surface area contributed by atoms with E-state index in [4.69, 9.17) is 9.47 Å². The molecule has 1 N–H and O–H groups in total. The topological polar surface area (TPSA) is 30.5 Å². The van der Waals surface area contributed by atoms with Gasteiger partial charge in [-0.25, -0.2) is 0 Å². The van der Waals surface area contributed by atoms with E-state index in [1.54, 1.807) is 0 Å². The summed E-state index contributed by atoms with van der Waals surface area (Å²) in [5, 5.41) is 3.43. The average molecular weight is 201 g/mol. The van der Waals surface area contributed by atoms with Crippen LogP contribution in [0, 0.1) is 5.92 Å². The smallest absolute Gasteiger partial charge is 0.0933 e. The van der Waals surface area contributed by atoms with Crippen LogP contribution < -0.4 is 5.32 Å². The molecule has 1 aliphatic heterocycles. The summed E-state index contributed by atoms with van der Waals surface area (Å²) >= 11 is 0. The highest BCUT2D eigenvalue weighted by atomic mass is 16.6. The molecule has 3 nitrogen and oxygen atoms in total. The molecule has 3 heteroatoms. The van der Waals surface area contributed by atoms with Crippen molar-refractivity contribution in [1.82, 2.24) is 5.32 Å². The summed E-state index contributed by atoms with van der Waals surface area (Å²) in [6.45, 7) is 8.78. The molecule has 1 aliphatic rings. The highest BCUT2D eigenvalue weighted by molar-refractivity contribution is 4.65. The molecule has 1 saturated heterocycles. The zero-order valence-electron chi connectivity index (χ0n) is 9.42. The quantitative estimate of drug-likeness (QED) is 0.705. The Morgan fingerprint density at radius 2 is 2.29 bits per heavy atom. The Hall–Kier alpha value is -0.120. The molecule has 0 saturated carbocycles. The second-order valence-electron chi connectivity index (χ2n) is 4.12. The van der Waals surface area contributed by atoms with Crippen molar-refractivity contribution in [3.8, 4) is 0 Å². The first-order valence-corrected chi connectivity index (χ1v) is 5.73. The van der Waals surface area contributed by atoms with Crippen LogP contribution in [0.2, 0.25) is 0 Å². The molecule has 0 aromatic heterocycles. The van der Waals surface area contributed by atoms with Gasteiger partial charge in [0.2, 0.25) is 0 Å². The molecule has 0 aromatic carbocycles. The number of hydrogen-bond donors (Lipinski definition) is 1. The zero-order valence-corrected chi connectivity index (χ0v) is 9.42. The molecule has 14 heavy (non-hydrogen) atoms. The van der Waals surface area contributed by atoms with Gasteiger partial charge in [-0.15, -0.1) is 0 Å². The molecule has 2 atom stereocenters. The molecule has 1 rings (SSSR count). The molecule has 2 unspecified atom stereocenters. The second kappa shape index (κ2) is 7.21. The standard InChI is InChI=1S/C11H23NO2/c1-3-4-10(2)7-12-8-11-9-13-5-6-14-11/h10-12H,3-9H2,1-2H3. The maximum Gasteiger partial charge on any atom is 0.0933 e. The average Bonchev–Trinajstić information content (AvgIpc) is 2.20. The van der Waals surface area contributed by atoms with E-state index in [-0.39, 0.29) is 6.10 Å². The summed E-state index contributed by atoms with van der Waals surface area (Å²) in [5.41, 5.74) is 0. The number of nitrogens with one attached hydrogen (secondary N) is 1. The van der Waals surface area contributed by atoms with Gasteiger partial charge in [0.15, 0.2) is 0 Å². The van der Waals surface area contributed by atoms with E-state index in [1.807, 2.05) is 0 Å². The second-order valence-corrected chi connectivity index (χ2v) is 4.12. The molecule has 1 heterocycles. The first-order chi connectivity index (χ1) is 6.83. The summed E-state index contributed by atoms with van der Waals surface area (Å²) in [5.74, 6) is 0.768. The summed E-state index contributed by atoms with van der Waals surface area (Å²) < 4.78 is 10.9. The Morgan fingerprint density at radius 1 is 1.43 bits per heavy atom. The van der Waals surface area contributed by atoms with E-state index in [2.05, 4.69) is 19.2 Å². The number of rotatable bonds is 6. The van der Waals surface area contributed by atoms with Crippen LogP contribution >= 0.6 is 0 Å². The van der Waals surface area contributed by atoms with Gasteiger partial charge in [-0.05, 0) is 18.9 Å². The molecule has 84 valence electrons. The van der Waals surface area contributed by atoms with Crippen molar-refractivity contribution in [2.45, 2.75) is 32.8 Å². The van der Waals surface area contributed by atoms with Gasteiger partial charge in [-0.3, -0.25) is 0 Å². The summed E-state index contributed by atoms with van der Waals surface area (Å²) in [6, 6.07) is 0. The van der Waals surface area contributed by atoms with Crippen LogP contribution in [-0.4, -0.2) is 39.0 Å². The van der Waals surface area contributed by atoms with E-state index < -0.39 is 0 Å². The summed E-state index contributed by atoms with van der Waals surface area (Å²) in [6.07, 6.45) is 2.83. The first-order valence-electron chi connectivity index (χ1n) is 5.73. The van der Waals surface area contributed by atoms with Crippen molar-refractivity contribution in [1.29, 1.82) is 0 Å². The van der Waals surface area contributed by atoms with Crippen molar-refractivity contribution < 1.29 is 9.47 Å². The maximum absolute atomic E-state index is 5.53. The van der Waals surface area contributed by atoms with Gasteiger partial charge in [0.25, 0.3) is 0 Å². The summed E-state index contributed by atoms with van der Waals surface area (Å²) in [7, 11) is 0. The molecule has 0 radical (unpaired) electrons. The number of ether oxygens (including phenoxy) is 2. The van der Waals surface area contributed by atoms with E-state index in [1.165, 1.54) is 12.8 Å². The predicted octanol–water partition coefficient (Wildman–Crippen LogP) is 1.43. The normalized spacial score (nSPS) is 24.9. The summed E-state index contributed by atoms with van der Waals surface area (Å²) in [4.78, 5) is 0. The lowest BCUT2D eigenvalue weighted by Crippen LogP contribution is -2.38. The minimum Gasteiger partial charge on any atom is -0.376 e. The van der Waals surface area contributed by atoms with Crippen LogP contribution in [0.1, 0.15) is 26.7 Å². The van der Waals surface area contributed by atoms with Crippen molar-refractivity contribution in [2.75, 3.05) is 32.9 Å². The highest BCUT2D eigenvalue weighted by Gasteiger charge is 2.13. The van der Waals surface area contributed by atoms with Crippen LogP contribution in [0.15, 0.2) is 0 Å². The van der Waals surface area contributed by atoms with Gasteiger partial charge in [0, 0.05) is 6.54 Å². The van der Waals surface area contributed by atoms with Gasteiger partial charge in [-0.2, -0.15) is 0 Å². The van der Waals surface area contributed by atoms with E-state index in [0.717, 1.165) is 38.8 Å². The van der Waals surface area contributed by atoms with Crippen molar-refractivity contribution >= 4 is 0 Å². The van der Waals surface area contributed by atoms with Gasteiger partial charge in [0.05, 0.1) is 25.9 Å². The van der Waals surface area contributed by atoms with Gasteiger partial charge < -0.3 is 14.8 Å². The Bertz CT molecular complexity index is 135. The SMILES string of the molecule is CCCC(C)CNCC1COCCO1. The third-order valence-electron chi connectivity index (χ3n) is 2.53. The van der Waals surface area contributed by atoms with Crippen LogP contribution in [0.3, 0.4) is 0 Å². The number of hydrogen-bond acceptors (Lipinski definition) is 3. The third kappa shape index (κ3) is 4.94. The Kier molecular flexibility index (Phi) is 6.15. The molecular weight excluding hydrogens is 178 g/mol. The molecular formula is C11H23NO2. The van der Waals surface area contributed by atoms with Gasteiger partial charge in [-0.1, -0.05) is 20.3 Å². The van der Waals surface area contributed by atoms with Gasteiger partial charge in [0.1, 0.15) is 0 Å². The molecule has 0 aliphatic carbocycles. The monoisotopic (exact) mass is 201 g/mol. The third-order valence-corrected chi connectivity index (χ3v) is 2.53. The first kappa shape index (κ1) is 12.0. The van der Waals surface area contributed by atoms with Crippen LogP contribution in [0.5, 0.6) is 0 Å². The minimum absolute atomic E-state index is 0.262. The lowest BCUT2D eigenvalue weighted by Gasteiger charge is -2.23. The Labute approximate surface area is 87.2 Å². The van der Waals surface area contributed by atoms with Crippen molar-refractivity contribution in [3.05, 3.63) is 0 Å². The van der Waals surface area contributed by atoms with E-state index in [0.29, 0.717) is 0 Å². The van der Waals surface area contributed by atoms with Crippen molar-refractivity contribution in [3.63, 3.8) is 0 Å². The Balaban J connectivity index is 1.96. The molecule has 1 fully saturated rings. The van der Waals surface area contributed by atoms with Crippen molar-refractivity contribution in [2.24, 2.45) is 5.92 Å². The van der Waals surface area contributed by atoms with Crippen LogP contribution in [-0.2, 0) is 9.47 Å². The fourth-order valence-corrected chi connectivity index (χ4v) is 1.74. The zero-order chi connectivity index (χ0) is 10.2. The molecule has 0 amide bonds.